The number of hydrogen-bond acceptors (Lipinski definition) is 10. The number of anilines is 2. The van der Waals surface area contributed by atoms with E-state index in [1.165, 1.54) is 11.1 Å². The fraction of sp³-hybridized carbons (Fsp3) is 0.333. The summed E-state index contributed by atoms with van der Waals surface area (Å²) in [6, 6.07) is 20.9. The van der Waals surface area contributed by atoms with Gasteiger partial charge in [-0.2, -0.15) is 9.36 Å². The average molecular weight is 445 g/mol. The Hall–Kier alpha value is -3.90. The molecule has 0 fully saturated rings. The Morgan fingerprint density at radius 2 is 1.03 bits per heavy atom. The highest BCUT2D eigenvalue weighted by Gasteiger charge is 2.31. The summed E-state index contributed by atoms with van der Waals surface area (Å²) in [4.78, 5) is 8.95. The van der Waals surface area contributed by atoms with Gasteiger partial charge < -0.3 is 9.80 Å². The summed E-state index contributed by atoms with van der Waals surface area (Å²) in [5, 5.41) is 24.8. The number of fused-ring (bicyclic) bond motifs is 2. The zero-order valence-corrected chi connectivity index (χ0v) is 18.1. The molecule has 2 aromatic heterocycles. The van der Waals surface area contributed by atoms with E-state index < -0.39 is 0 Å². The lowest BCUT2D eigenvalue weighted by molar-refractivity contribution is 0.159. The van der Waals surface area contributed by atoms with Crippen LogP contribution in [-0.4, -0.2) is 70.2 Å². The summed E-state index contributed by atoms with van der Waals surface area (Å²) in [6.07, 6.45) is 0. The summed E-state index contributed by atoms with van der Waals surface area (Å²) in [5.41, 5.74) is 2.51. The molecule has 12 heteroatoms. The Bertz CT molecular complexity index is 1100. The van der Waals surface area contributed by atoms with Crippen LogP contribution in [0.5, 0.6) is 0 Å². The molecule has 6 rings (SSSR count). The highest BCUT2D eigenvalue weighted by molar-refractivity contribution is 5.37. The second kappa shape index (κ2) is 8.56. The van der Waals surface area contributed by atoms with Crippen molar-refractivity contribution in [1.29, 1.82) is 0 Å². The van der Waals surface area contributed by atoms with Crippen LogP contribution >= 0.6 is 0 Å². The predicted octanol–water partition coefficient (Wildman–Crippen LogP) is 0.792. The molecule has 0 bridgehead atoms. The van der Waals surface area contributed by atoms with Crippen molar-refractivity contribution >= 4 is 11.9 Å². The maximum atomic E-state index is 4.28. The number of hydrogen-bond donors (Lipinski definition) is 0. The normalized spacial score (nSPS) is 16.6. The van der Waals surface area contributed by atoms with E-state index in [1.807, 2.05) is 21.5 Å². The summed E-state index contributed by atoms with van der Waals surface area (Å²) in [7, 11) is 0. The maximum Gasteiger partial charge on any atom is 0.249 e. The summed E-state index contributed by atoms with van der Waals surface area (Å²) < 4.78 is 3.67. The van der Waals surface area contributed by atoms with Gasteiger partial charge in [0.05, 0.1) is 20.0 Å². The molecule has 0 amide bonds. The first kappa shape index (κ1) is 19.8. The Balaban J connectivity index is 1.22. The molecule has 4 heterocycles. The van der Waals surface area contributed by atoms with Gasteiger partial charge in [-0.15, -0.1) is 0 Å². The Labute approximate surface area is 190 Å². The first-order valence-corrected chi connectivity index (χ1v) is 10.9. The van der Waals surface area contributed by atoms with E-state index >= 15 is 0 Å². The van der Waals surface area contributed by atoms with E-state index in [1.54, 1.807) is 0 Å². The molecule has 4 aromatic rings. The van der Waals surface area contributed by atoms with Crippen LogP contribution in [0.2, 0.25) is 0 Å². The first-order chi connectivity index (χ1) is 16.3. The Kier molecular flexibility index (Phi) is 5.13. The van der Waals surface area contributed by atoms with Crippen LogP contribution in [-0.2, 0) is 26.4 Å². The quantitative estimate of drug-likeness (QED) is 0.424. The summed E-state index contributed by atoms with van der Waals surface area (Å²) in [6.45, 7) is 4.88. The molecule has 33 heavy (non-hydrogen) atoms. The van der Waals surface area contributed by atoms with Gasteiger partial charge in [0.1, 0.15) is 13.3 Å². The van der Waals surface area contributed by atoms with Crippen LogP contribution in [0.25, 0.3) is 0 Å². The molecule has 0 spiro atoms. The lowest BCUT2D eigenvalue weighted by atomic mass is 10.2. The zero-order valence-electron chi connectivity index (χ0n) is 18.1. The van der Waals surface area contributed by atoms with Crippen molar-refractivity contribution in [2.75, 3.05) is 29.8 Å². The molecule has 0 radical (unpaired) electrons. The number of benzene rings is 2. The molecule has 0 atom stereocenters. The van der Waals surface area contributed by atoms with Gasteiger partial charge in [0.15, 0.2) is 0 Å². The van der Waals surface area contributed by atoms with Crippen LogP contribution in [0.3, 0.4) is 0 Å². The number of aromatic nitrogens is 8. The third-order valence-corrected chi connectivity index (χ3v) is 5.84. The van der Waals surface area contributed by atoms with Gasteiger partial charge in [0.2, 0.25) is 11.9 Å². The standard InChI is InChI=1S/C21H24N12/c1-3-7-18(8-4-1)11-28-13-30(20-22-24-26-32(20)15-28)17-31-14-29(12-19-9-5-2-6-10-19)16-33-21(31)23-25-27-33/h1-10H,11-17H2. The molecule has 0 saturated heterocycles. The molecule has 0 aliphatic carbocycles. The third kappa shape index (κ3) is 4.13. The van der Waals surface area contributed by atoms with Gasteiger partial charge >= 0.3 is 0 Å². The summed E-state index contributed by atoms with van der Waals surface area (Å²) in [5.74, 6) is 1.50. The van der Waals surface area contributed by atoms with Gasteiger partial charge in [-0.1, -0.05) is 70.9 Å². The minimum Gasteiger partial charge on any atom is -0.309 e. The largest absolute Gasteiger partial charge is 0.309 e. The molecular weight excluding hydrogens is 420 g/mol. The van der Waals surface area contributed by atoms with Crippen molar-refractivity contribution in [2.24, 2.45) is 0 Å². The van der Waals surface area contributed by atoms with E-state index in [0.717, 1.165) is 25.0 Å². The smallest absolute Gasteiger partial charge is 0.249 e. The van der Waals surface area contributed by atoms with E-state index in [0.29, 0.717) is 33.3 Å². The molecule has 0 saturated carbocycles. The predicted molar refractivity (Wildman–Crippen MR) is 119 cm³/mol. The molecule has 168 valence electrons. The third-order valence-electron chi connectivity index (χ3n) is 5.84. The minimum atomic E-state index is 0.567. The molecule has 12 nitrogen and oxygen atoms in total. The molecule has 0 unspecified atom stereocenters. The number of tetrazole rings is 2. The second-order valence-corrected chi connectivity index (χ2v) is 8.37. The van der Waals surface area contributed by atoms with E-state index in [9.17, 15) is 0 Å². The fourth-order valence-electron chi connectivity index (χ4n) is 4.42. The van der Waals surface area contributed by atoms with Gasteiger partial charge in [-0.3, -0.25) is 9.80 Å². The maximum absolute atomic E-state index is 4.28. The van der Waals surface area contributed by atoms with Crippen LogP contribution < -0.4 is 9.80 Å². The zero-order chi connectivity index (χ0) is 22.0. The minimum absolute atomic E-state index is 0.567. The molecule has 2 aliphatic rings. The molecule has 2 aromatic carbocycles. The monoisotopic (exact) mass is 444 g/mol. The first-order valence-electron chi connectivity index (χ1n) is 10.9. The lowest BCUT2D eigenvalue weighted by Gasteiger charge is -2.41. The highest BCUT2D eigenvalue weighted by atomic mass is 15.7. The summed E-state index contributed by atoms with van der Waals surface area (Å²) >= 11 is 0. The Morgan fingerprint density at radius 1 is 0.576 bits per heavy atom. The second-order valence-electron chi connectivity index (χ2n) is 8.37. The molecule has 2 aliphatic heterocycles. The fourth-order valence-corrected chi connectivity index (χ4v) is 4.42. The van der Waals surface area contributed by atoms with Crippen molar-refractivity contribution in [3.05, 3.63) is 71.8 Å². The van der Waals surface area contributed by atoms with Crippen molar-refractivity contribution < 1.29 is 0 Å². The van der Waals surface area contributed by atoms with E-state index in [-0.39, 0.29) is 0 Å². The average Bonchev–Trinajstić information content (AvgIpc) is 3.50. The lowest BCUT2D eigenvalue weighted by Crippen LogP contribution is -2.54. The van der Waals surface area contributed by atoms with Crippen LogP contribution in [0.4, 0.5) is 11.9 Å². The van der Waals surface area contributed by atoms with Crippen molar-refractivity contribution in [3.63, 3.8) is 0 Å². The van der Waals surface area contributed by atoms with Gasteiger partial charge in [0, 0.05) is 13.1 Å². The van der Waals surface area contributed by atoms with Crippen molar-refractivity contribution in [2.45, 2.75) is 26.4 Å². The number of rotatable bonds is 6. The topological polar surface area (TPSA) is 100 Å². The number of nitrogens with zero attached hydrogens (tertiary/aromatic N) is 12. The van der Waals surface area contributed by atoms with Crippen LogP contribution in [0.1, 0.15) is 11.1 Å². The van der Waals surface area contributed by atoms with Crippen molar-refractivity contribution in [1.82, 2.24) is 50.2 Å². The van der Waals surface area contributed by atoms with Gasteiger partial charge in [0.25, 0.3) is 0 Å². The SMILES string of the molecule is c1ccc(CN2CN(CN3CN(Cc4ccccc4)Cn4nnnc43)c3nnnn3C2)cc1. The molecule has 0 N–H and O–H groups in total. The molecular formula is C21H24N12. The Morgan fingerprint density at radius 3 is 1.48 bits per heavy atom. The highest BCUT2D eigenvalue weighted by Crippen LogP contribution is 2.23. The van der Waals surface area contributed by atoms with Gasteiger partial charge in [-0.25, -0.2) is 0 Å². The van der Waals surface area contributed by atoms with E-state index in [4.69, 9.17) is 0 Å². The van der Waals surface area contributed by atoms with Gasteiger partial charge in [-0.05, 0) is 32.0 Å². The van der Waals surface area contributed by atoms with Crippen molar-refractivity contribution in [3.8, 4) is 0 Å². The van der Waals surface area contributed by atoms with E-state index in [2.05, 4.69) is 99.2 Å². The van der Waals surface area contributed by atoms with Crippen LogP contribution in [0, 0.1) is 0 Å². The van der Waals surface area contributed by atoms with Crippen LogP contribution in [0.15, 0.2) is 60.7 Å².